The van der Waals surface area contributed by atoms with E-state index in [4.69, 9.17) is 0 Å². The monoisotopic (exact) mass is 289 g/mol. The fraction of sp³-hybridized carbons (Fsp3) is 0.950. The van der Waals surface area contributed by atoms with Crippen LogP contribution < -0.4 is 0 Å². The predicted octanol–water partition coefficient (Wildman–Crippen LogP) is 6.48. The number of nitriles is 1. The van der Waals surface area contributed by atoms with E-state index in [9.17, 15) is 5.26 Å². The molecule has 0 unspecified atom stereocenters. The first-order chi connectivity index (χ1) is 10.2. The van der Waals surface area contributed by atoms with Crippen molar-refractivity contribution in [3.8, 4) is 6.07 Å². The van der Waals surface area contributed by atoms with Crippen molar-refractivity contribution < 1.29 is 0 Å². The van der Waals surface area contributed by atoms with Crippen LogP contribution in [-0.2, 0) is 0 Å². The van der Waals surface area contributed by atoms with Crippen molar-refractivity contribution in [2.75, 3.05) is 0 Å². The van der Waals surface area contributed by atoms with Crippen LogP contribution in [0, 0.1) is 34.5 Å². The van der Waals surface area contributed by atoms with E-state index in [0.717, 1.165) is 24.2 Å². The smallest absolute Gasteiger partial charge is 0.0689 e. The van der Waals surface area contributed by atoms with Crippen molar-refractivity contribution in [3.05, 3.63) is 0 Å². The van der Waals surface area contributed by atoms with Gasteiger partial charge in [-0.3, -0.25) is 0 Å². The van der Waals surface area contributed by atoms with E-state index in [1.807, 2.05) is 0 Å². The Bertz CT molecular complexity index is 324. The molecule has 1 heteroatoms. The molecule has 2 rings (SSSR count). The molecule has 2 aliphatic carbocycles. The molecular formula is C20H35N. The Morgan fingerprint density at radius 1 is 0.905 bits per heavy atom. The van der Waals surface area contributed by atoms with Crippen LogP contribution in [0.4, 0.5) is 0 Å². The average molecular weight is 290 g/mol. The predicted molar refractivity (Wildman–Crippen MR) is 89.9 cm³/mol. The molecule has 0 aromatic rings. The zero-order chi connectivity index (χ0) is 15.1. The van der Waals surface area contributed by atoms with E-state index in [1.165, 1.54) is 77.0 Å². The van der Waals surface area contributed by atoms with Crippen LogP contribution >= 0.6 is 0 Å². The van der Waals surface area contributed by atoms with E-state index < -0.39 is 0 Å². The summed E-state index contributed by atoms with van der Waals surface area (Å²) < 4.78 is 0. The van der Waals surface area contributed by atoms with Gasteiger partial charge in [0.2, 0.25) is 0 Å². The molecule has 120 valence electrons. The van der Waals surface area contributed by atoms with Gasteiger partial charge in [-0.1, -0.05) is 52.4 Å². The van der Waals surface area contributed by atoms with E-state index >= 15 is 0 Å². The van der Waals surface area contributed by atoms with Gasteiger partial charge in [0.25, 0.3) is 0 Å². The Morgan fingerprint density at radius 2 is 1.52 bits per heavy atom. The Morgan fingerprint density at radius 3 is 2.05 bits per heavy atom. The largest absolute Gasteiger partial charge is 0.198 e. The molecule has 21 heavy (non-hydrogen) atoms. The Kier molecular flexibility index (Phi) is 6.59. The molecule has 0 heterocycles. The lowest BCUT2D eigenvalue weighted by Gasteiger charge is -2.40. The Balaban J connectivity index is 1.78. The highest BCUT2D eigenvalue weighted by atomic mass is 14.4. The molecule has 0 atom stereocenters. The second kappa shape index (κ2) is 8.21. The first kappa shape index (κ1) is 16.9. The fourth-order valence-electron chi connectivity index (χ4n) is 4.86. The number of unbranched alkanes of at least 4 members (excludes halogenated alkanes) is 2. The maximum absolute atomic E-state index is 9.65. The SMILES string of the molecule is CCCCC[C@]1(C#N)CC[C@@H](C2CCC(CC)CC2)CC1. The second-order valence-corrected chi connectivity index (χ2v) is 7.88. The molecule has 2 fully saturated rings. The zero-order valence-corrected chi connectivity index (χ0v) is 14.4. The van der Waals surface area contributed by atoms with Gasteiger partial charge in [0.05, 0.1) is 11.5 Å². The average Bonchev–Trinajstić information content (AvgIpc) is 2.56. The topological polar surface area (TPSA) is 23.8 Å². The van der Waals surface area contributed by atoms with Gasteiger partial charge in [0.1, 0.15) is 0 Å². The van der Waals surface area contributed by atoms with Crippen molar-refractivity contribution in [3.63, 3.8) is 0 Å². The van der Waals surface area contributed by atoms with E-state index in [-0.39, 0.29) is 5.41 Å². The highest BCUT2D eigenvalue weighted by Gasteiger charge is 2.38. The van der Waals surface area contributed by atoms with Crippen molar-refractivity contribution in [1.29, 1.82) is 5.26 Å². The zero-order valence-electron chi connectivity index (χ0n) is 14.4. The van der Waals surface area contributed by atoms with Gasteiger partial charge in [-0.15, -0.1) is 0 Å². The number of hydrogen-bond donors (Lipinski definition) is 0. The first-order valence-corrected chi connectivity index (χ1v) is 9.64. The van der Waals surface area contributed by atoms with Crippen molar-refractivity contribution in [2.45, 2.75) is 97.3 Å². The minimum absolute atomic E-state index is 0.0479. The molecule has 1 nitrogen and oxygen atoms in total. The summed E-state index contributed by atoms with van der Waals surface area (Å²) in [7, 11) is 0. The van der Waals surface area contributed by atoms with Crippen molar-refractivity contribution in [1.82, 2.24) is 0 Å². The summed E-state index contributed by atoms with van der Waals surface area (Å²) in [5.74, 6) is 2.94. The molecule has 0 radical (unpaired) electrons. The maximum atomic E-state index is 9.65. The number of hydrogen-bond acceptors (Lipinski definition) is 1. The molecule has 0 amide bonds. The second-order valence-electron chi connectivity index (χ2n) is 7.88. The van der Waals surface area contributed by atoms with Crippen LogP contribution in [0.3, 0.4) is 0 Å². The highest BCUT2D eigenvalue weighted by molar-refractivity contribution is 5.02. The molecule has 0 bridgehead atoms. The molecule has 0 N–H and O–H groups in total. The van der Waals surface area contributed by atoms with Crippen LogP contribution in [0.25, 0.3) is 0 Å². The van der Waals surface area contributed by atoms with Gasteiger partial charge >= 0.3 is 0 Å². The van der Waals surface area contributed by atoms with E-state index in [0.29, 0.717) is 0 Å². The summed E-state index contributed by atoms with van der Waals surface area (Å²) in [6.07, 6.45) is 17.3. The summed E-state index contributed by atoms with van der Waals surface area (Å²) in [4.78, 5) is 0. The molecule has 0 saturated heterocycles. The third-order valence-electron chi connectivity index (χ3n) is 6.62. The van der Waals surface area contributed by atoms with Crippen molar-refractivity contribution in [2.24, 2.45) is 23.2 Å². The Labute approximate surface area is 132 Å². The lowest BCUT2D eigenvalue weighted by molar-refractivity contribution is 0.116. The summed E-state index contributed by atoms with van der Waals surface area (Å²) >= 11 is 0. The minimum atomic E-state index is 0.0479. The minimum Gasteiger partial charge on any atom is -0.198 e. The molecular weight excluding hydrogens is 254 g/mol. The van der Waals surface area contributed by atoms with Gasteiger partial charge in [-0.05, 0) is 62.7 Å². The maximum Gasteiger partial charge on any atom is 0.0689 e. The van der Waals surface area contributed by atoms with Crippen LogP contribution in [0.15, 0.2) is 0 Å². The standard InChI is InChI=1S/C20H35N/c1-3-5-6-13-20(16-21)14-11-19(12-15-20)18-9-7-17(4-2)8-10-18/h17-19H,3-15H2,1-2H3/t17?,18?,19-,20+. The van der Waals surface area contributed by atoms with Gasteiger partial charge in [-0.2, -0.15) is 5.26 Å². The lowest BCUT2D eigenvalue weighted by Crippen LogP contribution is -2.31. The molecule has 2 saturated carbocycles. The third kappa shape index (κ3) is 4.48. The van der Waals surface area contributed by atoms with E-state index in [2.05, 4.69) is 19.9 Å². The first-order valence-electron chi connectivity index (χ1n) is 9.64. The number of rotatable bonds is 6. The molecule has 0 spiro atoms. The molecule has 0 aromatic carbocycles. The molecule has 2 aliphatic rings. The lowest BCUT2D eigenvalue weighted by atomic mass is 9.63. The third-order valence-corrected chi connectivity index (χ3v) is 6.62. The van der Waals surface area contributed by atoms with Gasteiger partial charge in [0, 0.05) is 0 Å². The number of nitrogens with zero attached hydrogens (tertiary/aromatic N) is 1. The fourth-order valence-corrected chi connectivity index (χ4v) is 4.86. The van der Waals surface area contributed by atoms with Crippen LogP contribution in [0.5, 0.6) is 0 Å². The summed E-state index contributed by atoms with van der Waals surface area (Å²) in [5, 5.41) is 9.65. The summed E-state index contributed by atoms with van der Waals surface area (Å²) in [6, 6.07) is 2.72. The highest BCUT2D eigenvalue weighted by Crippen LogP contribution is 2.47. The van der Waals surface area contributed by atoms with Crippen LogP contribution in [0.2, 0.25) is 0 Å². The van der Waals surface area contributed by atoms with Crippen LogP contribution in [-0.4, -0.2) is 0 Å². The summed E-state index contributed by atoms with van der Waals surface area (Å²) in [5.41, 5.74) is 0.0479. The molecule has 0 aliphatic heterocycles. The van der Waals surface area contributed by atoms with Gasteiger partial charge < -0.3 is 0 Å². The van der Waals surface area contributed by atoms with Gasteiger partial charge in [-0.25, -0.2) is 0 Å². The normalized spacial score (nSPS) is 37.1. The quantitative estimate of drug-likeness (QED) is 0.513. The van der Waals surface area contributed by atoms with Crippen LogP contribution in [0.1, 0.15) is 97.3 Å². The van der Waals surface area contributed by atoms with E-state index in [1.54, 1.807) is 0 Å². The Hall–Kier alpha value is -0.510. The van der Waals surface area contributed by atoms with Crippen molar-refractivity contribution >= 4 is 0 Å². The van der Waals surface area contributed by atoms with Gasteiger partial charge in [0.15, 0.2) is 0 Å². The summed E-state index contributed by atoms with van der Waals surface area (Å²) in [6.45, 7) is 4.60. The molecule has 0 aromatic heterocycles.